The molecule has 3 heteroatoms. The van der Waals surface area contributed by atoms with Gasteiger partial charge in [0, 0.05) is 25.5 Å². The first-order valence-corrected chi connectivity index (χ1v) is 7.01. The third kappa shape index (κ3) is 4.07. The number of β-amino-alcohol motifs (C(OH)–C–C–N with tert-alkyl or cyclic N) is 1. The van der Waals surface area contributed by atoms with Gasteiger partial charge in [-0.25, -0.2) is 0 Å². The first-order chi connectivity index (χ1) is 8.75. The topological polar surface area (TPSA) is 36.4 Å². The Hall–Kier alpha value is -0.930. The van der Waals surface area contributed by atoms with Crippen LogP contribution in [0.1, 0.15) is 31.2 Å². The summed E-state index contributed by atoms with van der Waals surface area (Å²) in [6.07, 6.45) is 9.67. The lowest BCUT2D eigenvalue weighted by molar-refractivity contribution is 0.138. The summed E-state index contributed by atoms with van der Waals surface area (Å²) < 4.78 is 0. The number of aromatic nitrogens is 1. The van der Waals surface area contributed by atoms with Crippen molar-refractivity contribution in [2.24, 2.45) is 5.92 Å². The molecule has 1 aliphatic heterocycles. The Labute approximate surface area is 110 Å². The van der Waals surface area contributed by atoms with Crippen molar-refractivity contribution in [3.63, 3.8) is 0 Å². The molecule has 0 radical (unpaired) electrons. The Balaban J connectivity index is 1.57. The lowest BCUT2D eigenvalue weighted by Gasteiger charge is -2.12. The van der Waals surface area contributed by atoms with Crippen LogP contribution in [-0.2, 0) is 6.42 Å². The van der Waals surface area contributed by atoms with Gasteiger partial charge in [-0.2, -0.15) is 0 Å². The molecule has 0 aromatic carbocycles. The molecule has 1 aromatic heterocycles. The fourth-order valence-electron chi connectivity index (χ4n) is 2.81. The number of aliphatic hydroxyl groups is 1. The van der Waals surface area contributed by atoms with Gasteiger partial charge in [-0.3, -0.25) is 4.98 Å². The van der Waals surface area contributed by atoms with E-state index in [1.165, 1.54) is 31.2 Å². The van der Waals surface area contributed by atoms with Gasteiger partial charge < -0.3 is 10.0 Å². The Morgan fingerprint density at radius 2 is 2.22 bits per heavy atom. The molecule has 0 spiro atoms. The summed E-state index contributed by atoms with van der Waals surface area (Å²) >= 11 is 0. The fraction of sp³-hybridized carbons (Fsp3) is 0.667. The van der Waals surface area contributed by atoms with Crippen LogP contribution in [0.2, 0.25) is 0 Å². The molecule has 100 valence electrons. The third-order valence-corrected chi connectivity index (χ3v) is 3.85. The summed E-state index contributed by atoms with van der Waals surface area (Å²) in [6, 6.07) is 4.14. The maximum absolute atomic E-state index is 9.84. The van der Waals surface area contributed by atoms with Crippen LogP contribution in [0.3, 0.4) is 0 Å². The molecule has 0 bridgehead atoms. The largest absolute Gasteiger partial charge is 0.391 e. The molecule has 1 saturated heterocycles. The van der Waals surface area contributed by atoms with Crippen LogP contribution < -0.4 is 0 Å². The number of likely N-dealkylation sites (N-methyl/N-ethyl adjacent to an activating group) is 1. The standard InChI is InChI=1S/C15H24N2O/c1-17-11-14(15(18)12-17)8-4-2-3-6-13-7-5-9-16-10-13/h5,7,9-10,14-15,18H,2-4,6,8,11-12H2,1H3/t14-,15+/m0/s1. The Kier molecular flexibility index (Phi) is 5.14. The monoisotopic (exact) mass is 248 g/mol. The number of likely N-dealkylation sites (tertiary alicyclic amines) is 1. The van der Waals surface area contributed by atoms with E-state index in [-0.39, 0.29) is 6.10 Å². The third-order valence-electron chi connectivity index (χ3n) is 3.85. The molecule has 3 nitrogen and oxygen atoms in total. The van der Waals surface area contributed by atoms with Gasteiger partial charge in [0.2, 0.25) is 0 Å². The molecule has 1 aromatic rings. The van der Waals surface area contributed by atoms with Gasteiger partial charge in [-0.05, 0) is 43.9 Å². The molecule has 2 rings (SSSR count). The average molecular weight is 248 g/mol. The second-order valence-electron chi connectivity index (χ2n) is 5.51. The SMILES string of the molecule is CN1C[C@H](CCCCCc2cccnc2)[C@H](O)C1. The van der Waals surface area contributed by atoms with E-state index in [2.05, 4.69) is 23.0 Å². The van der Waals surface area contributed by atoms with E-state index in [1.807, 2.05) is 18.5 Å². The van der Waals surface area contributed by atoms with Crippen LogP contribution in [0.5, 0.6) is 0 Å². The van der Waals surface area contributed by atoms with E-state index < -0.39 is 0 Å². The number of rotatable bonds is 6. The molecule has 0 amide bonds. The van der Waals surface area contributed by atoms with Crippen LogP contribution in [0.25, 0.3) is 0 Å². The molecule has 1 N–H and O–H groups in total. The second-order valence-corrected chi connectivity index (χ2v) is 5.51. The van der Waals surface area contributed by atoms with Crippen molar-refractivity contribution in [2.75, 3.05) is 20.1 Å². The molecule has 0 unspecified atom stereocenters. The highest BCUT2D eigenvalue weighted by molar-refractivity contribution is 5.08. The lowest BCUT2D eigenvalue weighted by atomic mass is 9.97. The van der Waals surface area contributed by atoms with E-state index >= 15 is 0 Å². The van der Waals surface area contributed by atoms with Crippen molar-refractivity contribution in [3.8, 4) is 0 Å². The van der Waals surface area contributed by atoms with Crippen molar-refractivity contribution in [3.05, 3.63) is 30.1 Å². The normalized spacial score (nSPS) is 24.6. The van der Waals surface area contributed by atoms with E-state index in [1.54, 1.807) is 0 Å². The predicted molar refractivity (Wildman–Crippen MR) is 73.4 cm³/mol. The van der Waals surface area contributed by atoms with E-state index in [4.69, 9.17) is 0 Å². The highest BCUT2D eigenvalue weighted by atomic mass is 16.3. The maximum atomic E-state index is 9.84. The van der Waals surface area contributed by atoms with Crippen molar-refractivity contribution < 1.29 is 5.11 Å². The van der Waals surface area contributed by atoms with Crippen molar-refractivity contribution >= 4 is 0 Å². The predicted octanol–water partition coefficient (Wildman–Crippen LogP) is 2.11. The number of pyridine rings is 1. The van der Waals surface area contributed by atoms with Crippen molar-refractivity contribution in [2.45, 2.75) is 38.2 Å². The quantitative estimate of drug-likeness (QED) is 0.783. The van der Waals surface area contributed by atoms with Gasteiger partial charge in [0.25, 0.3) is 0 Å². The number of aliphatic hydroxyl groups excluding tert-OH is 1. The molecule has 18 heavy (non-hydrogen) atoms. The van der Waals surface area contributed by atoms with E-state index in [9.17, 15) is 5.11 Å². The van der Waals surface area contributed by atoms with Crippen LogP contribution >= 0.6 is 0 Å². The van der Waals surface area contributed by atoms with Gasteiger partial charge in [0.05, 0.1) is 6.10 Å². The maximum Gasteiger partial charge on any atom is 0.0707 e. The molecule has 0 saturated carbocycles. The molecule has 2 heterocycles. The molecular formula is C15H24N2O. The van der Waals surface area contributed by atoms with Gasteiger partial charge in [-0.1, -0.05) is 18.9 Å². The van der Waals surface area contributed by atoms with Crippen LogP contribution in [0.15, 0.2) is 24.5 Å². The summed E-state index contributed by atoms with van der Waals surface area (Å²) in [6.45, 7) is 1.91. The fourth-order valence-corrected chi connectivity index (χ4v) is 2.81. The highest BCUT2D eigenvalue weighted by Gasteiger charge is 2.28. The number of hydrogen-bond donors (Lipinski definition) is 1. The Morgan fingerprint density at radius 3 is 2.89 bits per heavy atom. The zero-order valence-electron chi connectivity index (χ0n) is 11.3. The Morgan fingerprint density at radius 1 is 1.33 bits per heavy atom. The minimum absolute atomic E-state index is 0.103. The second kappa shape index (κ2) is 6.86. The summed E-state index contributed by atoms with van der Waals surface area (Å²) in [4.78, 5) is 6.35. The number of unbranched alkanes of at least 4 members (excludes halogenated alkanes) is 2. The van der Waals surface area contributed by atoms with Crippen LogP contribution in [0.4, 0.5) is 0 Å². The first-order valence-electron chi connectivity index (χ1n) is 7.01. The smallest absolute Gasteiger partial charge is 0.0707 e. The van der Waals surface area contributed by atoms with Gasteiger partial charge >= 0.3 is 0 Å². The van der Waals surface area contributed by atoms with E-state index in [0.717, 1.165) is 19.5 Å². The van der Waals surface area contributed by atoms with E-state index in [0.29, 0.717) is 5.92 Å². The highest BCUT2D eigenvalue weighted by Crippen LogP contribution is 2.21. The first kappa shape index (κ1) is 13.5. The summed E-state index contributed by atoms with van der Waals surface area (Å²) in [5, 5.41) is 9.84. The minimum Gasteiger partial charge on any atom is -0.391 e. The minimum atomic E-state index is -0.103. The number of hydrogen-bond acceptors (Lipinski definition) is 3. The lowest BCUT2D eigenvalue weighted by Crippen LogP contribution is -2.17. The summed E-state index contributed by atoms with van der Waals surface area (Å²) in [5.74, 6) is 0.494. The molecule has 2 atom stereocenters. The molecule has 1 fully saturated rings. The number of nitrogens with zero attached hydrogens (tertiary/aromatic N) is 2. The molecule has 0 aliphatic carbocycles. The molecule has 1 aliphatic rings. The Bertz CT molecular complexity index is 342. The molecular weight excluding hydrogens is 224 g/mol. The van der Waals surface area contributed by atoms with Crippen molar-refractivity contribution in [1.29, 1.82) is 0 Å². The average Bonchev–Trinajstić information content (AvgIpc) is 2.69. The zero-order chi connectivity index (χ0) is 12.8. The van der Waals surface area contributed by atoms with Gasteiger partial charge in [-0.15, -0.1) is 0 Å². The van der Waals surface area contributed by atoms with Crippen molar-refractivity contribution in [1.82, 2.24) is 9.88 Å². The summed E-state index contributed by atoms with van der Waals surface area (Å²) in [7, 11) is 2.09. The van der Waals surface area contributed by atoms with Gasteiger partial charge in [0.1, 0.15) is 0 Å². The van der Waals surface area contributed by atoms with Crippen LogP contribution in [-0.4, -0.2) is 41.2 Å². The zero-order valence-corrected chi connectivity index (χ0v) is 11.3. The van der Waals surface area contributed by atoms with Crippen LogP contribution in [0, 0.1) is 5.92 Å². The number of aryl methyl sites for hydroxylation is 1. The van der Waals surface area contributed by atoms with Gasteiger partial charge in [0.15, 0.2) is 0 Å². The summed E-state index contributed by atoms with van der Waals surface area (Å²) in [5.41, 5.74) is 1.33.